The van der Waals surface area contributed by atoms with Gasteiger partial charge in [-0.3, -0.25) is 24.6 Å². The molecule has 0 atom stereocenters. The van der Waals surface area contributed by atoms with Gasteiger partial charge in [-0.05, 0) is 44.0 Å². The van der Waals surface area contributed by atoms with E-state index in [0.717, 1.165) is 22.9 Å². The maximum atomic E-state index is 12.6. The molecule has 10 heteroatoms. The van der Waals surface area contributed by atoms with E-state index in [1.807, 2.05) is 0 Å². The number of thioether (sulfide) groups is 1. The quantitative estimate of drug-likeness (QED) is 0.285. The summed E-state index contributed by atoms with van der Waals surface area (Å²) >= 11 is 6.37. The van der Waals surface area contributed by atoms with Crippen LogP contribution in [0.4, 0.5) is 5.69 Å². The van der Waals surface area contributed by atoms with Gasteiger partial charge >= 0.3 is 5.97 Å². The molecule has 1 amide bonds. The number of nitro benzene ring substituents is 1. The molecule has 0 radical (unpaired) electrons. The number of rotatable bonds is 7. The van der Waals surface area contributed by atoms with Gasteiger partial charge in [0.05, 0.1) is 9.83 Å². The summed E-state index contributed by atoms with van der Waals surface area (Å²) in [7, 11) is 0. The zero-order chi connectivity index (χ0) is 22.0. The molecule has 0 saturated carbocycles. The molecule has 0 bridgehead atoms. The number of aliphatic carboxylic acids is 1. The van der Waals surface area contributed by atoms with Crippen molar-refractivity contribution in [1.82, 2.24) is 4.90 Å². The van der Waals surface area contributed by atoms with Crippen molar-refractivity contribution in [2.45, 2.75) is 26.7 Å². The van der Waals surface area contributed by atoms with Crippen molar-refractivity contribution in [2.24, 2.45) is 0 Å². The summed E-state index contributed by atoms with van der Waals surface area (Å²) in [6.07, 6.45) is 1.87. The van der Waals surface area contributed by atoms with E-state index < -0.39 is 10.9 Å². The third-order valence-corrected chi connectivity index (χ3v) is 6.14. The average molecular weight is 447 g/mol. The Morgan fingerprint density at radius 2 is 2.03 bits per heavy atom. The van der Waals surface area contributed by atoms with Gasteiger partial charge in [0.15, 0.2) is 0 Å². The molecule has 1 aromatic carbocycles. The molecular formula is C20H18N2O6S2. The first-order valence-corrected chi connectivity index (χ1v) is 10.2. The van der Waals surface area contributed by atoms with Crippen LogP contribution in [0, 0.1) is 24.0 Å². The van der Waals surface area contributed by atoms with Gasteiger partial charge < -0.3 is 9.52 Å². The first kappa shape index (κ1) is 21.7. The summed E-state index contributed by atoms with van der Waals surface area (Å²) in [6.45, 7) is 3.73. The molecule has 0 spiro atoms. The normalized spacial score (nSPS) is 15.3. The van der Waals surface area contributed by atoms with E-state index in [1.165, 1.54) is 11.0 Å². The maximum Gasteiger partial charge on any atom is 0.303 e. The first-order chi connectivity index (χ1) is 14.2. The summed E-state index contributed by atoms with van der Waals surface area (Å²) in [6, 6.07) is 6.54. The number of benzene rings is 1. The lowest BCUT2D eigenvalue weighted by Crippen LogP contribution is -2.29. The van der Waals surface area contributed by atoms with Gasteiger partial charge in [-0.2, -0.15) is 0 Å². The third-order valence-electron chi connectivity index (χ3n) is 4.77. The summed E-state index contributed by atoms with van der Waals surface area (Å²) < 4.78 is 6.23. The standard InChI is InChI=1S/C20H18N2O6S2/c1-11-12(2)15(22(26)27)7-6-14(11)16-8-5-13(28-16)10-17-19(25)21(20(29)30-17)9-3-4-18(23)24/h5-8,10H,3-4,9H2,1-2H3,(H,23,24). The van der Waals surface area contributed by atoms with Crippen LogP contribution in [0.25, 0.3) is 17.4 Å². The molecular weight excluding hydrogens is 428 g/mol. The number of hydrogen-bond acceptors (Lipinski definition) is 7. The zero-order valence-electron chi connectivity index (χ0n) is 16.2. The number of amides is 1. The first-order valence-electron chi connectivity index (χ1n) is 9.01. The van der Waals surface area contributed by atoms with Gasteiger partial charge in [-0.25, -0.2) is 0 Å². The Kier molecular flexibility index (Phi) is 6.37. The molecule has 0 unspecified atom stereocenters. The summed E-state index contributed by atoms with van der Waals surface area (Å²) in [5, 5.41) is 19.8. The highest BCUT2D eigenvalue weighted by atomic mass is 32.2. The monoisotopic (exact) mass is 446 g/mol. The lowest BCUT2D eigenvalue weighted by atomic mass is 10.00. The minimum atomic E-state index is -0.920. The van der Waals surface area contributed by atoms with Crippen LogP contribution in [0.2, 0.25) is 0 Å². The largest absolute Gasteiger partial charge is 0.481 e. The lowest BCUT2D eigenvalue weighted by Gasteiger charge is -2.13. The summed E-state index contributed by atoms with van der Waals surface area (Å²) in [5.74, 6) is -0.216. The van der Waals surface area contributed by atoms with Crippen LogP contribution in [0.5, 0.6) is 0 Å². The fraction of sp³-hybridized carbons (Fsp3) is 0.250. The minimum absolute atomic E-state index is 0.0361. The van der Waals surface area contributed by atoms with Crippen molar-refractivity contribution in [3.05, 3.63) is 56.2 Å². The van der Waals surface area contributed by atoms with E-state index in [2.05, 4.69) is 0 Å². The van der Waals surface area contributed by atoms with Gasteiger partial charge in [-0.15, -0.1) is 0 Å². The fourth-order valence-corrected chi connectivity index (χ4v) is 4.35. The Morgan fingerprint density at radius 3 is 2.70 bits per heavy atom. The number of carbonyl (C=O) groups is 2. The molecule has 1 N–H and O–H groups in total. The molecule has 30 heavy (non-hydrogen) atoms. The zero-order valence-corrected chi connectivity index (χ0v) is 17.8. The topological polar surface area (TPSA) is 114 Å². The minimum Gasteiger partial charge on any atom is -0.481 e. The lowest BCUT2D eigenvalue weighted by molar-refractivity contribution is -0.385. The van der Waals surface area contributed by atoms with E-state index in [-0.39, 0.29) is 24.6 Å². The number of carboxylic acids is 1. The highest BCUT2D eigenvalue weighted by Gasteiger charge is 2.32. The molecule has 8 nitrogen and oxygen atoms in total. The molecule has 2 aromatic rings. The van der Waals surface area contributed by atoms with Gasteiger partial charge in [0, 0.05) is 36.2 Å². The van der Waals surface area contributed by atoms with Crippen molar-refractivity contribution in [3.8, 4) is 11.3 Å². The molecule has 1 saturated heterocycles. The van der Waals surface area contributed by atoms with E-state index >= 15 is 0 Å². The Morgan fingerprint density at radius 1 is 1.30 bits per heavy atom. The molecule has 1 aromatic heterocycles. The van der Waals surface area contributed by atoms with E-state index in [0.29, 0.717) is 32.7 Å². The van der Waals surface area contributed by atoms with Crippen LogP contribution in [0.1, 0.15) is 29.7 Å². The Hall–Kier alpha value is -2.98. The van der Waals surface area contributed by atoms with Crippen molar-refractivity contribution in [2.75, 3.05) is 6.54 Å². The number of nitrogens with zero attached hydrogens (tertiary/aromatic N) is 2. The van der Waals surface area contributed by atoms with E-state index in [1.54, 1.807) is 38.1 Å². The number of carboxylic acid groups (broad SMARTS) is 1. The fourth-order valence-electron chi connectivity index (χ4n) is 3.06. The number of furan rings is 1. The van der Waals surface area contributed by atoms with E-state index in [9.17, 15) is 19.7 Å². The Bertz CT molecular complexity index is 1090. The second-order valence-corrected chi connectivity index (χ2v) is 8.35. The van der Waals surface area contributed by atoms with E-state index in [4.69, 9.17) is 21.7 Å². The molecule has 1 fully saturated rings. The number of carbonyl (C=O) groups excluding carboxylic acids is 1. The Balaban J connectivity index is 1.80. The average Bonchev–Trinajstić information content (AvgIpc) is 3.23. The predicted molar refractivity (Wildman–Crippen MR) is 117 cm³/mol. The molecule has 0 aliphatic carbocycles. The highest BCUT2D eigenvalue weighted by molar-refractivity contribution is 8.26. The van der Waals surface area contributed by atoms with Gasteiger partial charge in [-0.1, -0.05) is 24.0 Å². The maximum absolute atomic E-state index is 12.6. The van der Waals surface area contributed by atoms with Crippen molar-refractivity contribution < 1.29 is 24.0 Å². The summed E-state index contributed by atoms with van der Waals surface area (Å²) in [4.78, 5) is 35.7. The summed E-state index contributed by atoms with van der Waals surface area (Å²) in [5.41, 5.74) is 2.10. The molecule has 1 aliphatic heterocycles. The third kappa shape index (κ3) is 4.44. The highest BCUT2D eigenvalue weighted by Crippen LogP contribution is 2.35. The van der Waals surface area contributed by atoms with Gasteiger partial charge in [0.25, 0.3) is 11.6 Å². The van der Waals surface area contributed by atoms with Crippen LogP contribution >= 0.6 is 24.0 Å². The van der Waals surface area contributed by atoms with Crippen molar-refractivity contribution >= 4 is 51.9 Å². The van der Waals surface area contributed by atoms with Gasteiger partial charge in [0.2, 0.25) is 0 Å². The van der Waals surface area contributed by atoms with Crippen LogP contribution in [-0.4, -0.2) is 37.7 Å². The molecule has 3 rings (SSSR count). The van der Waals surface area contributed by atoms with Crippen molar-refractivity contribution in [1.29, 1.82) is 0 Å². The number of nitro groups is 1. The Labute approximate surface area is 181 Å². The SMILES string of the molecule is Cc1c(-c2ccc(C=C3SC(=S)N(CCCC(=O)O)C3=O)o2)ccc([N+](=O)[O-])c1C. The molecule has 2 heterocycles. The number of hydrogen-bond donors (Lipinski definition) is 1. The predicted octanol–water partition coefficient (Wildman–Crippen LogP) is 4.54. The van der Waals surface area contributed by atoms with Crippen molar-refractivity contribution in [3.63, 3.8) is 0 Å². The molecule has 1 aliphatic rings. The number of thiocarbonyl (C=S) groups is 1. The van der Waals surface area contributed by atoms with Gasteiger partial charge in [0.1, 0.15) is 15.8 Å². The smallest absolute Gasteiger partial charge is 0.303 e. The van der Waals surface area contributed by atoms with Crippen LogP contribution in [-0.2, 0) is 9.59 Å². The second kappa shape index (κ2) is 8.80. The van der Waals surface area contributed by atoms with Crippen LogP contribution in [0.3, 0.4) is 0 Å². The molecule has 156 valence electrons. The van der Waals surface area contributed by atoms with Crippen LogP contribution in [0.15, 0.2) is 33.6 Å². The van der Waals surface area contributed by atoms with Crippen LogP contribution < -0.4 is 0 Å². The second-order valence-electron chi connectivity index (χ2n) is 6.67.